The molecular formula is C36H39ClN4O3. The van der Waals surface area contributed by atoms with Crippen LogP contribution in [0.3, 0.4) is 0 Å². The number of phenolic OH excluding ortho intramolecular Hbond substituents is 1. The van der Waals surface area contributed by atoms with Crippen LogP contribution in [-0.4, -0.2) is 49.7 Å². The van der Waals surface area contributed by atoms with Crippen molar-refractivity contribution in [3.8, 4) is 34.1 Å². The van der Waals surface area contributed by atoms with E-state index in [9.17, 15) is 9.90 Å². The number of likely N-dealkylation sites (tertiary alicyclic amines) is 1. The lowest BCUT2D eigenvalue weighted by Gasteiger charge is -2.38. The Morgan fingerprint density at radius 1 is 1.02 bits per heavy atom. The fourth-order valence-corrected chi connectivity index (χ4v) is 7.26. The number of carbonyl (C=O) groups excluding carboxylic acids is 1. The number of amides is 1. The predicted molar refractivity (Wildman–Crippen MR) is 177 cm³/mol. The quantitative estimate of drug-likeness (QED) is 0.201. The minimum Gasteiger partial charge on any atom is -0.508 e. The summed E-state index contributed by atoms with van der Waals surface area (Å²) in [7, 11) is 3.67. The Bertz CT molecular complexity index is 1900. The zero-order valence-electron chi connectivity index (χ0n) is 25.8. The molecule has 1 N–H and O–H groups in total. The topological polar surface area (TPSA) is 72.5 Å². The van der Waals surface area contributed by atoms with E-state index in [1.54, 1.807) is 19.2 Å². The zero-order valence-corrected chi connectivity index (χ0v) is 26.6. The molecule has 0 spiro atoms. The molecule has 228 valence electrons. The maximum absolute atomic E-state index is 13.9. The van der Waals surface area contributed by atoms with Gasteiger partial charge in [0.15, 0.2) is 5.82 Å². The lowest BCUT2D eigenvalue weighted by atomic mass is 9.91. The maximum atomic E-state index is 13.9. The van der Waals surface area contributed by atoms with E-state index in [4.69, 9.17) is 21.3 Å². The van der Waals surface area contributed by atoms with Crippen molar-refractivity contribution in [1.82, 2.24) is 19.0 Å². The van der Waals surface area contributed by atoms with Crippen LogP contribution in [0.5, 0.6) is 11.5 Å². The molecule has 0 bridgehead atoms. The van der Waals surface area contributed by atoms with Crippen molar-refractivity contribution in [3.63, 3.8) is 0 Å². The van der Waals surface area contributed by atoms with Gasteiger partial charge in [-0.1, -0.05) is 43.1 Å². The number of rotatable bonds is 7. The molecule has 7 rings (SSSR count). The summed E-state index contributed by atoms with van der Waals surface area (Å²) in [6, 6.07) is 17.6. The number of fused-ring (bicyclic) bond motifs is 2. The SMILES string of the molecule is CC[C@@H]1CC[C@H](C)N(C(=O)c2cc(OC)c3c(c2)nc(-c2cc4cccc(-c5ccc(O)cc5Cl)c4n2CC2CC2)n3C)C1. The lowest BCUT2D eigenvalue weighted by Crippen LogP contribution is -2.45. The number of para-hydroxylation sites is 1. The van der Waals surface area contributed by atoms with Gasteiger partial charge in [-0.3, -0.25) is 4.79 Å². The van der Waals surface area contributed by atoms with E-state index in [1.165, 1.54) is 19.3 Å². The molecule has 3 heterocycles. The number of aromatic hydroxyl groups is 1. The predicted octanol–water partition coefficient (Wildman–Crippen LogP) is 8.29. The van der Waals surface area contributed by atoms with Gasteiger partial charge in [0, 0.05) is 48.3 Å². The Morgan fingerprint density at radius 2 is 1.82 bits per heavy atom. The van der Waals surface area contributed by atoms with E-state index in [0.29, 0.717) is 28.2 Å². The summed E-state index contributed by atoms with van der Waals surface area (Å²) in [6.45, 7) is 6.02. The van der Waals surface area contributed by atoms with E-state index in [1.807, 2.05) is 36.2 Å². The number of hydrogen-bond donors (Lipinski definition) is 1. The summed E-state index contributed by atoms with van der Waals surface area (Å²) >= 11 is 6.66. The van der Waals surface area contributed by atoms with Crippen LogP contribution >= 0.6 is 11.6 Å². The van der Waals surface area contributed by atoms with Gasteiger partial charge < -0.3 is 23.9 Å². The van der Waals surface area contributed by atoms with Crippen molar-refractivity contribution in [2.75, 3.05) is 13.7 Å². The first-order chi connectivity index (χ1) is 21.3. The van der Waals surface area contributed by atoms with Crippen molar-refractivity contribution in [1.29, 1.82) is 0 Å². The van der Waals surface area contributed by atoms with Crippen molar-refractivity contribution in [2.45, 2.75) is 58.5 Å². The van der Waals surface area contributed by atoms with E-state index in [-0.39, 0.29) is 17.7 Å². The second kappa shape index (κ2) is 11.2. The lowest BCUT2D eigenvalue weighted by molar-refractivity contribution is 0.0556. The van der Waals surface area contributed by atoms with Crippen LogP contribution in [0.4, 0.5) is 0 Å². The highest BCUT2D eigenvalue weighted by Crippen LogP contribution is 2.42. The molecule has 8 heteroatoms. The minimum absolute atomic E-state index is 0.0429. The van der Waals surface area contributed by atoms with Gasteiger partial charge in [-0.2, -0.15) is 0 Å². The average Bonchev–Trinajstić information content (AvgIpc) is 3.68. The van der Waals surface area contributed by atoms with Crippen LogP contribution < -0.4 is 4.74 Å². The summed E-state index contributed by atoms with van der Waals surface area (Å²) in [5.41, 5.74) is 6.23. The van der Waals surface area contributed by atoms with Gasteiger partial charge in [0.2, 0.25) is 0 Å². The molecule has 44 heavy (non-hydrogen) atoms. The summed E-state index contributed by atoms with van der Waals surface area (Å²) in [6.07, 6.45) is 5.69. The van der Waals surface area contributed by atoms with Crippen LogP contribution in [0.15, 0.2) is 54.6 Å². The highest BCUT2D eigenvalue weighted by Gasteiger charge is 2.31. The van der Waals surface area contributed by atoms with E-state index < -0.39 is 0 Å². The number of benzene rings is 3. The van der Waals surface area contributed by atoms with Crippen LogP contribution in [0, 0.1) is 11.8 Å². The molecule has 1 amide bonds. The number of carbonyl (C=O) groups is 1. The fraction of sp³-hybridized carbons (Fsp3) is 0.389. The van der Waals surface area contributed by atoms with Gasteiger partial charge in [-0.05, 0) is 80.8 Å². The van der Waals surface area contributed by atoms with Crippen molar-refractivity contribution in [2.24, 2.45) is 18.9 Å². The molecule has 1 saturated carbocycles. The Morgan fingerprint density at radius 3 is 2.55 bits per heavy atom. The molecule has 1 aliphatic heterocycles. The molecule has 2 aromatic heterocycles. The van der Waals surface area contributed by atoms with Crippen molar-refractivity contribution >= 4 is 39.4 Å². The zero-order chi connectivity index (χ0) is 30.7. The molecule has 2 atom stereocenters. The van der Waals surface area contributed by atoms with Gasteiger partial charge in [-0.25, -0.2) is 4.98 Å². The number of imidazole rings is 1. The summed E-state index contributed by atoms with van der Waals surface area (Å²) in [5, 5.41) is 11.6. The third-order valence-electron chi connectivity index (χ3n) is 9.75. The molecule has 2 aliphatic rings. The Labute approximate surface area is 263 Å². The molecule has 7 nitrogen and oxygen atoms in total. The number of aromatic nitrogens is 3. The second-order valence-electron chi connectivity index (χ2n) is 12.7. The van der Waals surface area contributed by atoms with Gasteiger partial charge in [0.05, 0.1) is 28.9 Å². The molecule has 1 saturated heterocycles. The number of aryl methyl sites for hydroxylation is 1. The van der Waals surface area contributed by atoms with Gasteiger partial charge in [0.25, 0.3) is 5.91 Å². The van der Waals surface area contributed by atoms with Gasteiger partial charge >= 0.3 is 0 Å². The van der Waals surface area contributed by atoms with E-state index >= 15 is 0 Å². The second-order valence-corrected chi connectivity index (χ2v) is 13.1. The fourth-order valence-electron chi connectivity index (χ4n) is 6.98. The number of methoxy groups -OCH3 is 1. The van der Waals surface area contributed by atoms with Gasteiger partial charge in [-0.15, -0.1) is 0 Å². The highest BCUT2D eigenvalue weighted by atomic mass is 35.5. The Kier molecular flexibility index (Phi) is 7.32. The van der Waals surface area contributed by atoms with Crippen molar-refractivity contribution in [3.05, 3.63) is 65.2 Å². The van der Waals surface area contributed by atoms with Crippen LogP contribution in [0.2, 0.25) is 5.02 Å². The van der Waals surface area contributed by atoms with Crippen LogP contribution in [0.25, 0.3) is 44.6 Å². The maximum Gasteiger partial charge on any atom is 0.254 e. The molecule has 3 aromatic carbocycles. The van der Waals surface area contributed by atoms with Crippen molar-refractivity contribution < 1.29 is 14.6 Å². The average molecular weight is 611 g/mol. The highest BCUT2D eigenvalue weighted by molar-refractivity contribution is 6.33. The van der Waals surface area contributed by atoms with E-state index in [0.717, 1.165) is 70.5 Å². The Balaban J connectivity index is 1.38. The number of halogens is 1. The molecule has 1 aliphatic carbocycles. The summed E-state index contributed by atoms with van der Waals surface area (Å²) in [5.74, 6) is 2.80. The number of hydrogen-bond acceptors (Lipinski definition) is 4. The van der Waals surface area contributed by atoms with E-state index in [2.05, 4.69) is 41.2 Å². The molecule has 0 radical (unpaired) electrons. The number of piperidine rings is 1. The summed E-state index contributed by atoms with van der Waals surface area (Å²) in [4.78, 5) is 21.1. The molecule has 2 fully saturated rings. The number of ether oxygens (including phenoxy) is 1. The molecule has 0 unspecified atom stereocenters. The normalized spacial score (nSPS) is 18.8. The minimum atomic E-state index is 0.0429. The monoisotopic (exact) mass is 610 g/mol. The third kappa shape index (κ3) is 4.91. The number of nitrogens with zero attached hydrogens (tertiary/aromatic N) is 4. The first kappa shape index (κ1) is 28.8. The smallest absolute Gasteiger partial charge is 0.254 e. The third-order valence-corrected chi connectivity index (χ3v) is 10.1. The van der Waals surface area contributed by atoms with Gasteiger partial charge in [0.1, 0.15) is 17.0 Å². The Hall–Kier alpha value is -3.97. The standard InChI is InChI=1S/C36H39ClN4O3/c1-5-22-10-9-21(2)40(19-22)36(43)25-15-30-34(32(17-25)44-4)39(3)35(38-30)31-16-24-7-6-8-28(27-14-13-26(42)18-29(27)37)33(24)41(31)20-23-11-12-23/h6-8,13-18,21-23,42H,5,9-12,19-20H2,1-4H3/t21-,22+/m0/s1. The van der Waals surface area contributed by atoms with Crippen LogP contribution in [-0.2, 0) is 13.6 Å². The number of phenols is 1. The summed E-state index contributed by atoms with van der Waals surface area (Å²) < 4.78 is 10.4. The van der Waals surface area contributed by atoms with Crippen LogP contribution in [0.1, 0.15) is 56.3 Å². The first-order valence-corrected chi connectivity index (χ1v) is 16.1. The molecular weight excluding hydrogens is 572 g/mol. The largest absolute Gasteiger partial charge is 0.508 e. The molecule has 5 aromatic rings. The first-order valence-electron chi connectivity index (χ1n) is 15.7.